The molecule has 3 rings (SSSR count). The Morgan fingerprint density at radius 1 is 1.16 bits per heavy atom. The number of aromatic amines is 1. The van der Waals surface area contributed by atoms with Gasteiger partial charge in [-0.2, -0.15) is 0 Å². The van der Waals surface area contributed by atoms with Crippen molar-refractivity contribution in [1.82, 2.24) is 14.5 Å². The largest absolute Gasteiger partial charge is 0.454 e. The number of halogens is 2. The molecule has 0 aliphatic rings. The molecule has 1 N–H and O–H groups in total. The Morgan fingerprint density at radius 2 is 1.88 bits per heavy atom. The zero-order valence-corrected chi connectivity index (χ0v) is 17.7. The minimum Gasteiger partial charge on any atom is -0.454 e. The van der Waals surface area contributed by atoms with Crippen LogP contribution in [-0.2, 0) is 11.3 Å². The van der Waals surface area contributed by atoms with Crippen molar-refractivity contribution in [2.24, 2.45) is 0 Å². The van der Waals surface area contributed by atoms with E-state index < -0.39 is 41.2 Å². The standard InChI is InChI=1S/C22H21F2N3O5/c1-4-7-27-19-18(20(29)26-22(27)31)13(9-16(25-19)11(2)3)21(30)32-10-17(28)12-5-6-14(23)15(24)8-12/h5-6,8-9,11H,4,7,10H2,1-3H3,(H,26,29,31). The molecule has 0 aliphatic heterocycles. The summed E-state index contributed by atoms with van der Waals surface area (Å²) in [6.07, 6.45) is 0.581. The van der Waals surface area contributed by atoms with Crippen LogP contribution in [0.5, 0.6) is 0 Å². The zero-order valence-electron chi connectivity index (χ0n) is 17.7. The molecular weight excluding hydrogens is 424 g/mol. The van der Waals surface area contributed by atoms with Crippen LogP contribution in [0, 0.1) is 11.6 Å². The molecule has 0 atom stereocenters. The van der Waals surface area contributed by atoms with Crippen LogP contribution in [0.2, 0.25) is 0 Å². The molecule has 0 amide bonds. The lowest BCUT2D eigenvalue weighted by molar-refractivity contribution is 0.0476. The Morgan fingerprint density at radius 3 is 2.50 bits per heavy atom. The van der Waals surface area contributed by atoms with Gasteiger partial charge in [0.2, 0.25) is 0 Å². The van der Waals surface area contributed by atoms with E-state index in [-0.39, 0.29) is 34.6 Å². The van der Waals surface area contributed by atoms with Gasteiger partial charge in [-0.1, -0.05) is 20.8 Å². The van der Waals surface area contributed by atoms with E-state index in [1.807, 2.05) is 20.8 Å². The van der Waals surface area contributed by atoms with Crippen molar-refractivity contribution >= 4 is 22.8 Å². The van der Waals surface area contributed by atoms with E-state index in [1.165, 1.54) is 10.6 Å². The summed E-state index contributed by atoms with van der Waals surface area (Å²) >= 11 is 0. The van der Waals surface area contributed by atoms with Gasteiger partial charge in [0.05, 0.1) is 10.9 Å². The number of carbonyl (C=O) groups is 2. The van der Waals surface area contributed by atoms with E-state index in [0.29, 0.717) is 18.2 Å². The highest BCUT2D eigenvalue weighted by atomic mass is 19.2. The second-order valence-electron chi connectivity index (χ2n) is 7.49. The predicted octanol–water partition coefficient (Wildman–Crippen LogP) is 2.94. The number of H-pyrrole nitrogens is 1. The third-order valence-corrected chi connectivity index (χ3v) is 4.80. The third-order valence-electron chi connectivity index (χ3n) is 4.80. The number of hydrogen-bond acceptors (Lipinski definition) is 6. The van der Waals surface area contributed by atoms with Crippen LogP contribution in [-0.4, -0.2) is 32.9 Å². The number of ether oxygens (including phenoxy) is 1. The number of aromatic nitrogens is 3. The molecule has 8 nitrogen and oxygen atoms in total. The predicted molar refractivity (Wildman–Crippen MR) is 112 cm³/mol. The van der Waals surface area contributed by atoms with E-state index in [4.69, 9.17) is 4.74 Å². The lowest BCUT2D eigenvalue weighted by atomic mass is 10.0. The van der Waals surface area contributed by atoms with Crippen molar-refractivity contribution in [3.8, 4) is 0 Å². The lowest BCUT2D eigenvalue weighted by Gasteiger charge is -2.14. The fraction of sp³-hybridized carbons (Fsp3) is 0.318. The van der Waals surface area contributed by atoms with Crippen LogP contribution >= 0.6 is 0 Å². The van der Waals surface area contributed by atoms with Gasteiger partial charge in [0.15, 0.2) is 29.7 Å². The first kappa shape index (κ1) is 23.0. The zero-order chi connectivity index (χ0) is 23.6. The van der Waals surface area contributed by atoms with Crippen LogP contribution in [0.4, 0.5) is 8.78 Å². The highest BCUT2D eigenvalue weighted by molar-refractivity contribution is 6.04. The molecule has 10 heteroatoms. The maximum Gasteiger partial charge on any atom is 0.339 e. The van der Waals surface area contributed by atoms with Gasteiger partial charge in [-0.25, -0.2) is 23.4 Å². The molecule has 0 radical (unpaired) electrons. The number of rotatable bonds is 7. The monoisotopic (exact) mass is 445 g/mol. The fourth-order valence-corrected chi connectivity index (χ4v) is 3.14. The number of ketones is 1. The maximum absolute atomic E-state index is 13.4. The number of benzene rings is 1. The summed E-state index contributed by atoms with van der Waals surface area (Å²) in [6.45, 7) is 5.01. The van der Waals surface area contributed by atoms with E-state index in [9.17, 15) is 28.0 Å². The molecule has 0 aliphatic carbocycles. The molecule has 2 heterocycles. The highest BCUT2D eigenvalue weighted by Gasteiger charge is 2.22. The Balaban J connectivity index is 2.02. The van der Waals surface area contributed by atoms with E-state index in [1.54, 1.807) is 0 Å². The molecule has 1 aromatic carbocycles. The van der Waals surface area contributed by atoms with Crippen LogP contribution in [0.15, 0.2) is 33.9 Å². The van der Waals surface area contributed by atoms with Crippen molar-refractivity contribution in [3.63, 3.8) is 0 Å². The number of hydrogen-bond donors (Lipinski definition) is 1. The molecule has 168 valence electrons. The number of aryl methyl sites for hydroxylation is 1. The minimum atomic E-state index is -1.20. The number of nitrogens with one attached hydrogen (secondary N) is 1. The quantitative estimate of drug-likeness (QED) is 0.442. The number of carbonyl (C=O) groups excluding carboxylic acids is 2. The van der Waals surface area contributed by atoms with Gasteiger partial charge in [-0.3, -0.25) is 19.1 Å². The van der Waals surface area contributed by atoms with Crippen molar-refractivity contribution < 1.29 is 23.1 Å². The average molecular weight is 445 g/mol. The molecule has 0 saturated carbocycles. The Kier molecular flexibility index (Phi) is 6.61. The van der Waals surface area contributed by atoms with Crippen LogP contribution in [0.1, 0.15) is 59.5 Å². The number of esters is 1. The molecule has 0 saturated heterocycles. The van der Waals surface area contributed by atoms with Gasteiger partial charge in [0.25, 0.3) is 5.56 Å². The topological polar surface area (TPSA) is 111 Å². The highest BCUT2D eigenvalue weighted by Crippen LogP contribution is 2.21. The van der Waals surface area contributed by atoms with E-state index >= 15 is 0 Å². The van der Waals surface area contributed by atoms with Crippen molar-refractivity contribution in [1.29, 1.82) is 0 Å². The van der Waals surface area contributed by atoms with Crippen molar-refractivity contribution in [2.45, 2.75) is 39.7 Å². The van der Waals surface area contributed by atoms with Crippen LogP contribution in [0.3, 0.4) is 0 Å². The summed E-state index contributed by atoms with van der Waals surface area (Å²) in [7, 11) is 0. The Bertz CT molecular complexity index is 1330. The number of fused-ring (bicyclic) bond motifs is 1. The van der Waals surface area contributed by atoms with Gasteiger partial charge in [-0.15, -0.1) is 0 Å². The minimum absolute atomic E-state index is 0.0469. The lowest BCUT2D eigenvalue weighted by Crippen LogP contribution is -2.32. The average Bonchev–Trinajstić information content (AvgIpc) is 2.75. The van der Waals surface area contributed by atoms with E-state index in [2.05, 4.69) is 9.97 Å². The molecule has 32 heavy (non-hydrogen) atoms. The third kappa shape index (κ3) is 4.48. The maximum atomic E-state index is 13.4. The summed E-state index contributed by atoms with van der Waals surface area (Å²) in [4.78, 5) is 56.5. The van der Waals surface area contributed by atoms with E-state index in [0.717, 1.165) is 12.1 Å². The number of pyridine rings is 1. The fourth-order valence-electron chi connectivity index (χ4n) is 3.14. The second kappa shape index (κ2) is 9.21. The normalized spacial score (nSPS) is 11.2. The van der Waals surface area contributed by atoms with Gasteiger partial charge in [-0.05, 0) is 36.6 Å². The molecule has 3 aromatic rings. The number of Topliss-reactive ketones (excluding diaryl/α,β-unsaturated/α-hetero) is 1. The molecule has 2 aromatic heterocycles. The Hall–Kier alpha value is -3.69. The molecule has 0 unspecified atom stereocenters. The molecule has 0 fully saturated rings. The SMILES string of the molecule is CCCn1c(=O)[nH]c(=O)c2c(C(=O)OCC(=O)c3ccc(F)c(F)c3)cc(C(C)C)nc21. The van der Waals surface area contributed by atoms with Crippen LogP contribution < -0.4 is 11.2 Å². The molecular formula is C22H21F2N3O5. The van der Waals surface area contributed by atoms with Gasteiger partial charge < -0.3 is 4.74 Å². The van der Waals surface area contributed by atoms with Gasteiger partial charge in [0.1, 0.15) is 0 Å². The first-order valence-corrected chi connectivity index (χ1v) is 9.97. The number of nitrogens with zero attached hydrogens (tertiary/aromatic N) is 2. The summed E-state index contributed by atoms with van der Waals surface area (Å²) in [6, 6.07) is 3.95. The molecule has 0 spiro atoms. The molecule has 0 bridgehead atoms. The van der Waals surface area contributed by atoms with Crippen LogP contribution in [0.25, 0.3) is 11.0 Å². The Labute approximate surface area is 180 Å². The second-order valence-corrected chi connectivity index (χ2v) is 7.49. The first-order valence-electron chi connectivity index (χ1n) is 9.97. The van der Waals surface area contributed by atoms with Gasteiger partial charge >= 0.3 is 11.7 Å². The summed E-state index contributed by atoms with van der Waals surface area (Å²) in [5, 5.41) is -0.132. The summed E-state index contributed by atoms with van der Waals surface area (Å²) < 4.78 is 32.8. The smallest absolute Gasteiger partial charge is 0.339 e. The van der Waals surface area contributed by atoms with Gasteiger partial charge in [0, 0.05) is 17.8 Å². The summed E-state index contributed by atoms with van der Waals surface area (Å²) in [5.41, 5.74) is -1.28. The summed E-state index contributed by atoms with van der Waals surface area (Å²) in [5.74, 6) is -4.19. The van der Waals surface area contributed by atoms with Crippen molar-refractivity contribution in [3.05, 3.63) is 73.6 Å². The van der Waals surface area contributed by atoms with Crippen molar-refractivity contribution in [2.75, 3.05) is 6.61 Å². The first-order chi connectivity index (χ1) is 15.1.